The average Bonchev–Trinajstić information content (AvgIpc) is 2.62. The number of carbonyl (C=O) groups excluding carboxylic acids is 1. The second-order valence-electron chi connectivity index (χ2n) is 6.87. The first-order chi connectivity index (χ1) is 12.5. The van der Waals surface area contributed by atoms with Crippen LogP contribution in [0.2, 0.25) is 0 Å². The quantitative estimate of drug-likeness (QED) is 0.772. The number of amides is 1. The Labute approximate surface area is 163 Å². The average molecular weight is 417 g/mol. The first-order valence-corrected chi connectivity index (χ1v) is 9.77. The summed E-state index contributed by atoms with van der Waals surface area (Å²) in [4.78, 5) is 15.1. The van der Waals surface area contributed by atoms with Crippen molar-refractivity contribution >= 4 is 27.5 Å². The third-order valence-electron chi connectivity index (χ3n) is 4.87. The minimum absolute atomic E-state index is 0.0546. The normalized spacial score (nSPS) is 15.7. The first kappa shape index (κ1) is 18.9. The van der Waals surface area contributed by atoms with Gasteiger partial charge in [0.2, 0.25) is 5.91 Å². The fourth-order valence-corrected chi connectivity index (χ4v) is 3.85. The number of halogens is 1. The number of benzene rings is 2. The molecular weight excluding hydrogens is 392 g/mol. The Hall–Kier alpha value is -1.85. The maximum Gasteiger partial charge on any atom is 0.227 e. The van der Waals surface area contributed by atoms with Crippen molar-refractivity contribution in [2.24, 2.45) is 5.92 Å². The summed E-state index contributed by atoms with van der Waals surface area (Å²) in [5, 5.41) is 3.06. The molecule has 1 N–H and O–H groups in total. The second kappa shape index (κ2) is 8.69. The Kier molecular flexibility index (Phi) is 6.33. The zero-order valence-electron chi connectivity index (χ0n) is 15.3. The Morgan fingerprint density at radius 1 is 1.23 bits per heavy atom. The van der Waals surface area contributed by atoms with Crippen molar-refractivity contribution in [2.45, 2.75) is 26.3 Å². The van der Waals surface area contributed by atoms with Crippen LogP contribution in [0.4, 0.5) is 5.69 Å². The lowest BCUT2D eigenvalue weighted by Crippen LogP contribution is -2.37. The molecule has 1 saturated heterocycles. The number of aryl methyl sites for hydroxylation is 1. The van der Waals surface area contributed by atoms with Gasteiger partial charge in [-0.25, -0.2) is 0 Å². The molecule has 0 unspecified atom stereocenters. The molecule has 0 spiro atoms. The van der Waals surface area contributed by atoms with Crippen LogP contribution in [-0.4, -0.2) is 31.0 Å². The summed E-state index contributed by atoms with van der Waals surface area (Å²) in [5.41, 5.74) is 3.16. The number of carbonyl (C=O) groups is 1. The third kappa shape index (κ3) is 4.86. The molecule has 0 radical (unpaired) electrons. The molecule has 1 heterocycles. The largest absolute Gasteiger partial charge is 0.495 e. The van der Waals surface area contributed by atoms with Crippen LogP contribution in [0.1, 0.15) is 24.0 Å². The molecule has 138 valence electrons. The number of nitrogens with one attached hydrogen (secondary N) is 1. The van der Waals surface area contributed by atoms with E-state index in [4.69, 9.17) is 4.74 Å². The topological polar surface area (TPSA) is 41.6 Å². The molecular formula is C21H25BrN2O2. The predicted octanol–water partition coefficient (Wildman–Crippen LogP) is 4.62. The number of methoxy groups -OCH3 is 1. The van der Waals surface area contributed by atoms with Crippen molar-refractivity contribution in [2.75, 3.05) is 25.5 Å². The zero-order valence-corrected chi connectivity index (χ0v) is 16.9. The van der Waals surface area contributed by atoms with Crippen LogP contribution in [0.5, 0.6) is 5.75 Å². The molecule has 3 rings (SSSR count). The van der Waals surface area contributed by atoms with Crippen molar-refractivity contribution < 1.29 is 9.53 Å². The predicted molar refractivity (Wildman–Crippen MR) is 109 cm³/mol. The SMILES string of the molecule is COc1ccc(C)cc1NC(=O)C1CCN(Cc2cccc(Br)c2)CC1. The van der Waals surface area contributed by atoms with Crippen molar-refractivity contribution in [3.63, 3.8) is 0 Å². The minimum Gasteiger partial charge on any atom is -0.495 e. The van der Waals surface area contributed by atoms with Crippen molar-refractivity contribution in [3.8, 4) is 5.75 Å². The number of hydrogen-bond acceptors (Lipinski definition) is 3. The van der Waals surface area contributed by atoms with Crippen molar-refractivity contribution in [1.82, 2.24) is 4.90 Å². The van der Waals surface area contributed by atoms with Crippen molar-refractivity contribution in [1.29, 1.82) is 0 Å². The monoisotopic (exact) mass is 416 g/mol. The summed E-state index contributed by atoms with van der Waals surface area (Å²) >= 11 is 3.52. The molecule has 2 aromatic rings. The Morgan fingerprint density at radius 3 is 2.69 bits per heavy atom. The molecule has 0 atom stereocenters. The molecule has 26 heavy (non-hydrogen) atoms. The van der Waals surface area contributed by atoms with E-state index in [1.54, 1.807) is 7.11 Å². The number of piperidine rings is 1. The van der Waals surface area contributed by atoms with E-state index in [1.807, 2.05) is 31.2 Å². The number of nitrogens with zero attached hydrogens (tertiary/aromatic N) is 1. The van der Waals surface area contributed by atoms with Gasteiger partial charge in [0.05, 0.1) is 12.8 Å². The van der Waals surface area contributed by atoms with Gasteiger partial charge in [0.15, 0.2) is 0 Å². The summed E-state index contributed by atoms with van der Waals surface area (Å²) in [6.45, 7) is 4.82. The van der Waals surface area contributed by atoms with Gasteiger partial charge in [-0.15, -0.1) is 0 Å². The van der Waals surface area contributed by atoms with Crippen LogP contribution in [-0.2, 0) is 11.3 Å². The summed E-state index contributed by atoms with van der Waals surface area (Å²) in [6, 6.07) is 14.2. The van der Waals surface area contributed by atoms with Crippen LogP contribution in [0.15, 0.2) is 46.9 Å². The summed E-state index contributed by atoms with van der Waals surface area (Å²) < 4.78 is 6.46. The van der Waals surface area contributed by atoms with Gasteiger partial charge in [-0.2, -0.15) is 0 Å². The molecule has 0 saturated carbocycles. The summed E-state index contributed by atoms with van der Waals surface area (Å²) in [6.07, 6.45) is 1.77. The number of ether oxygens (including phenoxy) is 1. The molecule has 1 aliphatic heterocycles. The van der Waals surface area contributed by atoms with E-state index < -0.39 is 0 Å². The lowest BCUT2D eigenvalue weighted by Gasteiger charge is -2.31. The van der Waals surface area contributed by atoms with Crippen LogP contribution < -0.4 is 10.1 Å². The molecule has 2 aromatic carbocycles. The number of likely N-dealkylation sites (tertiary alicyclic amines) is 1. The minimum atomic E-state index is 0.0546. The fraction of sp³-hybridized carbons (Fsp3) is 0.381. The van der Waals surface area contributed by atoms with Crippen LogP contribution in [0.25, 0.3) is 0 Å². The second-order valence-corrected chi connectivity index (χ2v) is 7.79. The molecule has 0 bridgehead atoms. The van der Waals surface area contributed by atoms with Gasteiger partial charge in [-0.3, -0.25) is 9.69 Å². The van der Waals surface area contributed by atoms with E-state index in [-0.39, 0.29) is 11.8 Å². The van der Waals surface area contributed by atoms with E-state index in [2.05, 4.69) is 44.3 Å². The highest BCUT2D eigenvalue weighted by molar-refractivity contribution is 9.10. The lowest BCUT2D eigenvalue weighted by atomic mass is 9.95. The van der Waals surface area contributed by atoms with Crippen LogP contribution in [0, 0.1) is 12.8 Å². The van der Waals surface area contributed by atoms with Gasteiger partial charge in [-0.05, 0) is 68.2 Å². The smallest absolute Gasteiger partial charge is 0.227 e. The molecule has 5 heteroatoms. The maximum absolute atomic E-state index is 12.7. The van der Waals surface area contributed by atoms with E-state index in [1.165, 1.54) is 5.56 Å². The van der Waals surface area contributed by atoms with Gasteiger partial charge in [0.25, 0.3) is 0 Å². The molecule has 4 nitrogen and oxygen atoms in total. The number of rotatable bonds is 5. The van der Waals surface area contributed by atoms with Crippen LogP contribution in [0.3, 0.4) is 0 Å². The van der Waals surface area contributed by atoms with Gasteiger partial charge in [0.1, 0.15) is 5.75 Å². The molecule has 0 aliphatic carbocycles. The fourth-order valence-electron chi connectivity index (χ4n) is 3.40. The maximum atomic E-state index is 12.7. The van der Waals surface area contributed by atoms with E-state index in [0.717, 1.165) is 48.2 Å². The lowest BCUT2D eigenvalue weighted by molar-refractivity contribution is -0.121. The molecule has 1 aliphatic rings. The molecule has 0 aromatic heterocycles. The van der Waals surface area contributed by atoms with Crippen molar-refractivity contribution in [3.05, 3.63) is 58.1 Å². The zero-order chi connectivity index (χ0) is 18.5. The summed E-state index contributed by atoms with van der Waals surface area (Å²) in [5.74, 6) is 0.853. The van der Waals surface area contributed by atoms with Gasteiger partial charge in [-0.1, -0.05) is 34.1 Å². The Morgan fingerprint density at radius 2 is 2.00 bits per heavy atom. The highest BCUT2D eigenvalue weighted by Crippen LogP contribution is 2.27. The third-order valence-corrected chi connectivity index (χ3v) is 5.36. The van der Waals surface area contributed by atoms with E-state index >= 15 is 0 Å². The molecule has 1 fully saturated rings. The highest BCUT2D eigenvalue weighted by atomic mass is 79.9. The van der Waals surface area contributed by atoms with E-state index in [0.29, 0.717) is 5.75 Å². The summed E-state index contributed by atoms with van der Waals surface area (Å²) in [7, 11) is 1.63. The van der Waals surface area contributed by atoms with Gasteiger partial charge >= 0.3 is 0 Å². The van der Waals surface area contributed by atoms with Gasteiger partial charge < -0.3 is 10.1 Å². The van der Waals surface area contributed by atoms with Crippen LogP contribution >= 0.6 is 15.9 Å². The van der Waals surface area contributed by atoms with E-state index in [9.17, 15) is 4.79 Å². The molecule has 1 amide bonds. The highest BCUT2D eigenvalue weighted by Gasteiger charge is 2.25. The Bertz CT molecular complexity index is 770. The number of hydrogen-bond donors (Lipinski definition) is 1. The first-order valence-electron chi connectivity index (χ1n) is 8.97. The number of anilines is 1. The standard InChI is InChI=1S/C21H25BrN2O2/c1-15-6-7-20(26-2)19(12-15)23-21(25)17-8-10-24(11-9-17)14-16-4-3-5-18(22)13-16/h3-7,12-13,17H,8-11,14H2,1-2H3,(H,23,25). The Balaban J connectivity index is 1.54. The van der Waals surface area contributed by atoms with Gasteiger partial charge in [0, 0.05) is 16.9 Å².